The second-order valence-electron chi connectivity index (χ2n) is 9.39. The topological polar surface area (TPSA) is 98.7 Å². The number of carbonyl (C=O) groups is 3. The highest BCUT2D eigenvalue weighted by atomic mass is 35.5. The minimum atomic E-state index is -1.10. The van der Waals surface area contributed by atoms with Gasteiger partial charge in [-0.3, -0.25) is 14.5 Å². The third kappa shape index (κ3) is 7.53. The molecule has 7 nitrogen and oxygen atoms in total. The lowest BCUT2D eigenvalue weighted by Gasteiger charge is -2.44. The number of carboxylic acid groups (broad SMARTS) is 1. The van der Waals surface area contributed by atoms with Gasteiger partial charge in [0.25, 0.3) is 0 Å². The van der Waals surface area contributed by atoms with Crippen LogP contribution in [0, 0.1) is 0 Å². The Morgan fingerprint density at radius 2 is 1.77 bits per heavy atom. The number of hydrogen-bond acceptors (Lipinski definition) is 5. The van der Waals surface area contributed by atoms with Gasteiger partial charge in [-0.2, -0.15) is 0 Å². The van der Waals surface area contributed by atoms with Gasteiger partial charge in [0, 0.05) is 35.2 Å². The quantitative estimate of drug-likeness (QED) is 0.413. The number of benzene rings is 1. The highest BCUT2D eigenvalue weighted by Gasteiger charge is 2.39. The molecular formula is C26H34ClN3O4S. The summed E-state index contributed by atoms with van der Waals surface area (Å²) in [6.07, 6.45) is 4.67. The predicted octanol–water partition coefficient (Wildman–Crippen LogP) is 4.20. The Balaban J connectivity index is 1.39. The largest absolute Gasteiger partial charge is 0.480 e. The van der Waals surface area contributed by atoms with Crippen LogP contribution in [0.3, 0.4) is 0 Å². The first-order valence-corrected chi connectivity index (χ1v) is 13.2. The molecule has 1 unspecified atom stereocenters. The van der Waals surface area contributed by atoms with Crippen molar-refractivity contribution in [1.29, 1.82) is 0 Å². The standard InChI is InChI=1S/C26H34ClN3O4S/c1-30(2)26(22-5-4-16-35-22)14-12-20(13-15-26)28-23(31)6-3-7-24(32)29-21(25(33)34)17-18-8-10-19(27)11-9-18/h4-5,8-11,16,20-21H,3,6-7,12-15,17H2,1-2H3,(H,28,31)(H,29,32)(H,33,34). The van der Waals surface area contributed by atoms with E-state index in [2.05, 4.69) is 47.1 Å². The first-order chi connectivity index (χ1) is 16.7. The first-order valence-electron chi connectivity index (χ1n) is 12.0. The van der Waals surface area contributed by atoms with Crippen LogP contribution in [0.1, 0.15) is 55.4 Å². The zero-order valence-electron chi connectivity index (χ0n) is 20.3. The summed E-state index contributed by atoms with van der Waals surface area (Å²) in [6, 6.07) is 10.2. The fourth-order valence-electron chi connectivity index (χ4n) is 4.73. The SMILES string of the molecule is CN(C)C1(c2cccs2)CCC(NC(=O)CCCC(=O)NC(Cc2ccc(Cl)cc2)C(=O)O)CC1. The highest BCUT2D eigenvalue weighted by Crippen LogP contribution is 2.43. The molecule has 3 N–H and O–H groups in total. The molecule has 190 valence electrons. The van der Waals surface area contributed by atoms with Crippen LogP contribution >= 0.6 is 22.9 Å². The Morgan fingerprint density at radius 1 is 1.11 bits per heavy atom. The van der Waals surface area contributed by atoms with Gasteiger partial charge in [0.15, 0.2) is 0 Å². The third-order valence-electron chi connectivity index (χ3n) is 6.81. The molecule has 0 saturated heterocycles. The van der Waals surface area contributed by atoms with Crippen LogP contribution in [-0.2, 0) is 26.3 Å². The summed E-state index contributed by atoms with van der Waals surface area (Å²) in [5, 5.41) is 17.8. The molecule has 35 heavy (non-hydrogen) atoms. The molecule has 2 aromatic rings. The van der Waals surface area contributed by atoms with Gasteiger partial charge < -0.3 is 15.7 Å². The van der Waals surface area contributed by atoms with Crippen molar-refractivity contribution >= 4 is 40.7 Å². The van der Waals surface area contributed by atoms with E-state index in [4.69, 9.17) is 11.6 Å². The number of nitrogens with zero attached hydrogens (tertiary/aromatic N) is 1. The molecule has 2 amide bonds. The fourth-order valence-corrected chi connectivity index (χ4v) is 5.92. The molecule has 1 aromatic heterocycles. The van der Waals surface area contributed by atoms with Crippen molar-refractivity contribution in [3.8, 4) is 0 Å². The molecule has 0 radical (unpaired) electrons. The van der Waals surface area contributed by atoms with E-state index >= 15 is 0 Å². The zero-order valence-corrected chi connectivity index (χ0v) is 21.8. The molecule has 1 aliphatic carbocycles. The van der Waals surface area contributed by atoms with Gasteiger partial charge in [-0.15, -0.1) is 11.3 Å². The Kier molecular flexibility index (Phi) is 9.71. The average molecular weight is 520 g/mol. The number of aliphatic carboxylic acids is 1. The monoisotopic (exact) mass is 519 g/mol. The summed E-state index contributed by atoms with van der Waals surface area (Å²) >= 11 is 7.65. The number of thiophene rings is 1. The summed E-state index contributed by atoms with van der Waals surface area (Å²) < 4.78 is 0. The Bertz CT molecular complexity index is 987. The maximum atomic E-state index is 12.5. The molecule has 1 heterocycles. The van der Waals surface area contributed by atoms with E-state index in [-0.39, 0.29) is 42.7 Å². The van der Waals surface area contributed by atoms with E-state index in [1.165, 1.54) is 4.88 Å². The number of halogens is 1. The number of hydrogen-bond donors (Lipinski definition) is 3. The van der Waals surface area contributed by atoms with Gasteiger partial charge in [0.05, 0.1) is 5.54 Å². The van der Waals surface area contributed by atoms with Crippen molar-refractivity contribution in [3.63, 3.8) is 0 Å². The van der Waals surface area contributed by atoms with Gasteiger partial charge in [0.1, 0.15) is 6.04 Å². The number of nitrogens with one attached hydrogen (secondary N) is 2. The molecular weight excluding hydrogens is 486 g/mol. The zero-order chi connectivity index (χ0) is 25.4. The van der Waals surface area contributed by atoms with Crippen molar-refractivity contribution in [1.82, 2.24) is 15.5 Å². The molecule has 3 rings (SSSR count). The molecule has 9 heteroatoms. The fraction of sp³-hybridized carbons (Fsp3) is 0.500. The van der Waals surface area contributed by atoms with Gasteiger partial charge >= 0.3 is 5.97 Å². The van der Waals surface area contributed by atoms with Gasteiger partial charge in [-0.05, 0) is 75.3 Å². The molecule has 0 bridgehead atoms. The Hall–Kier alpha value is -2.42. The van der Waals surface area contributed by atoms with E-state index in [1.807, 2.05) is 0 Å². The lowest BCUT2D eigenvalue weighted by Crippen LogP contribution is -2.48. The smallest absolute Gasteiger partial charge is 0.326 e. The normalized spacial score (nSPS) is 20.9. The molecule has 0 spiro atoms. The van der Waals surface area contributed by atoms with Gasteiger partial charge in [-0.25, -0.2) is 4.79 Å². The van der Waals surface area contributed by atoms with Crippen LogP contribution in [0.5, 0.6) is 0 Å². The van der Waals surface area contributed by atoms with Crippen molar-refractivity contribution in [2.45, 2.75) is 69.0 Å². The number of rotatable bonds is 11. The summed E-state index contributed by atoms with van der Waals surface area (Å²) in [5.41, 5.74) is 0.798. The number of amides is 2. The molecule has 1 aliphatic rings. The number of carbonyl (C=O) groups excluding carboxylic acids is 2. The second-order valence-corrected chi connectivity index (χ2v) is 10.8. The van der Waals surface area contributed by atoms with Crippen molar-refractivity contribution < 1.29 is 19.5 Å². The molecule has 1 fully saturated rings. The summed E-state index contributed by atoms with van der Waals surface area (Å²) in [6.45, 7) is 0. The van der Waals surface area contributed by atoms with E-state index in [0.29, 0.717) is 11.4 Å². The summed E-state index contributed by atoms with van der Waals surface area (Å²) in [4.78, 5) is 40.0. The summed E-state index contributed by atoms with van der Waals surface area (Å²) in [5.74, 6) is -1.53. The predicted molar refractivity (Wildman–Crippen MR) is 139 cm³/mol. The van der Waals surface area contributed by atoms with Crippen molar-refractivity contribution in [2.24, 2.45) is 0 Å². The molecule has 1 atom stereocenters. The first kappa shape index (κ1) is 27.2. The van der Waals surface area contributed by atoms with Gasteiger partial charge in [0.2, 0.25) is 11.8 Å². The maximum absolute atomic E-state index is 12.5. The Morgan fingerprint density at radius 3 is 2.34 bits per heavy atom. The summed E-state index contributed by atoms with van der Waals surface area (Å²) in [7, 11) is 4.24. The molecule has 1 aromatic carbocycles. The van der Waals surface area contributed by atoms with Crippen LogP contribution < -0.4 is 10.6 Å². The van der Waals surface area contributed by atoms with Crippen molar-refractivity contribution in [2.75, 3.05) is 14.1 Å². The molecule has 1 saturated carbocycles. The van der Waals surface area contributed by atoms with E-state index in [0.717, 1.165) is 31.2 Å². The average Bonchev–Trinajstić information content (AvgIpc) is 3.36. The lowest BCUT2D eigenvalue weighted by atomic mass is 9.77. The van der Waals surface area contributed by atoms with E-state index < -0.39 is 12.0 Å². The molecule has 0 aliphatic heterocycles. The van der Waals surface area contributed by atoms with Crippen LogP contribution in [-0.4, -0.2) is 54.0 Å². The van der Waals surface area contributed by atoms with Gasteiger partial charge in [-0.1, -0.05) is 29.8 Å². The number of carboxylic acids is 1. The van der Waals surface area contributed by atoms with Crippen LogP contribution in [0.25, 0.3) is 0 Å². The second kappa shape index (κ2) is 12.5. The van der Waals surface area contributed by atoms with Crippen molar-refractivity contribution in [3.05, 3.63) is 57.2 Å². The minimum absolute atomic E-state index is 0.0280. The third-order valence-corrected chi connectivity index (χ3v) is 8.12. The Labute approximate surface area is 215 Å². The van der Waals surface area contributed by atoms with Crippen LogP contribution in [0.2, 0.25) is 5.02 Å². The minimum Gasteiger partial charge on any atom is -0.480 e. The van der Waals surface area contributed by atoms with E-state index in [9.17, 15) is 19.5 Å². The van der Waals surface area contributed by atoms with Crippen LogP contribution in [0.15, 0.2) is 41.8 Å². The maximum Gasteiger partial charge on any atom is 0.326 e. The lowest BCUT2D eigenvalue weighted by molar-refractivity contribution is -0.141. The highest BCUT2D eigenvalue weighted by molar-refractivity contribution is 7.10. The van der Waals surface area contributed by atoms with Crippen LogP contribution in [0.4, 0.5) is 0 Å². The van der Waals surface area contributed by atoms with E-state index in [1.54, 1.807) is 35.6 Å².